The highest BCUT2D eigenvalue weighted by molar-refractivity contribution is 8.18. The number of hydrogen-bond acceptors (Lipinski definition) is 6. The summed E-state index contributed by atoms with van der Waals surface area (Å²) in [5.41, 5.74) is 0.933. The summed E-state index contributed by atoms with van der Waals surface area (Å²) >= 11 is 0.779. The normalized spacial score (nSPS) is 22.5. The molecule has 6 nitrogen and oxygen atoms in total. The molecule has 142 valence electrons. The molecule has 1 saturated heterocycles. The highest BCUT2D eigenvalue weighted by Gasteiger charge is 2.35. The first-order chi connectivity index (χ1) is 13.2. The maximum absolute atomic E-state index is 12.6. The summed E-state index contributed by atoms with van der Waals surface area (Å²) < 4.78 is 6.07. The Morgan fingerprint density at radius 1 is 1.21 bits per heavy atom. The van der Waals surface area contributed by atoms with Crippen molar-refractivity contribution in [3.63, 3.8) is 0 Å². The predicted molar refractivity (Wildman–Crippen MR) is 105 cm³/mol. The van der Waals surface area contributed by atoms with Gasteiger partial charge >= 0.3 is 0 Å². The van der Waals surface area contributed by atoms with Gasteiger partial charge in [0.15, 0.2) is 5.78 Å². The molecule has 1 fully saturated rings. The number of imide groups is 1. The second-order valence-electron chi connectivity index (χ2n) is 7.41. The van der Waals surface area contributed by atoms with Crippen molar-refractivity contribution >= 4 is 34.5 Å². The molecule has 28 heavy (non-hydrogen) atoms. The summed E-state index contributed by atoms with van der Waals surface area (Å²) in [5.74, 6) is 0.191. The summed E-state index contributed by atoms with van der Waals surface area (Å²) in [6.45, 7) is 3.90. The lowest BCUT2D eigenvalue weighted by Gasteiger charge is -2.31. The highest BCUT2D eigenvalue weighted by atomic mass is 32.2. The molecule has 0 bridgehead atoms. The number of nitrogens with one attached hydrogen (secondary N) is 1. The van der Waals surface area contributed by atoms with E-state index in [0.29, 0.717) is 34.6 Å². The van der Waals surface area contributed by atoms with Gasteiger partial charge in [-0.3, -0.25) is 19.7 Å². The number of ketones is 1. The van der Waals surface area contributed by atoms with E-state index in [1.807, 2.05) is 19.9 Å². The Morgan fingerprint density at radius 2 is 1.96 bits per heavy atom. The van der Waals surface area contributed by atoms with Crippen molar-refractivity contribution in [3.05, 3.63) is 69.9 Å². The third-order valence-electron chi connectivity index (χ3n) is 4.56. The van der Waals surface area contributed by atoms with Gasteiger partial charge in [0.05, 0.1) is 16.0 Å². The van der Waals surface area contributed by atoms with Crippen LogP contribution < -0.4 is 5.32 Å². The molecule has 7 heteroatoms. The zero-order chi connectivity index (χ0) is 20.1. The summed E-state index contributed by atoms with van der Waals surface area (Å²) in [4.78, 5) is 36.3. The number of allylic oxidation sites excluding steroid dienone is 5. The molecule has 2 N–H and O–H groups in total. The molecule has 3 aliphatic rings. The molecule has 0 unspecified atom stereocenters. The van der Waals surface area contributed by atoms with Crippen LogP contribution in [0.15, 0.2) is 64.3 Å². The number of benzene rings is 1. The maximum Gasteiger partial charge on any atom is 0.290 e. The van der Waals surface area contributed by atoms with Crippen LogP contribution in [0.4, 0.5) is 4.79 Å². The minimum Gasteiger partial charge on any atom is -0.507 e. The number of carbonyl (C=O) groups is 3. The first-order valence-corrected chi connectivity index (χ1v) is 9.49. The number of Topliss-reactive ketones (excluding diaryl/α,β-unsaturated/α-hetero) is 1. The van der Waals surface area contributed by atoms with Gasteiger partial charge < -0.3 is 9.84 Å². The van der Waals surface area contributed by atoms with E-state index in [0.717, 1.165) is 11.8 Å². The Balaban J connectivity index is 1.91. The van der Waals surface area contributed by atoms with Crippen molar-refractivity contribution in [2.45, 2.75) is 20.3 Å². The number of rotatable bonds is 2. The fourth-order valence-electron chi connectivity index (χ4n) is 3.30. The fraction of sp³-hybridized carbons (Fsp3) is 0.190. The lowest BCUT2D eigenvalue weighted by atomic mass is 9.78. The topological polar surface area (TPSA) is 92.7 Å². The van der Waals surface area contributed by atoms with E-state index < -0.39 is 11.1 Å². The van der Waals surface area contributed by atoms with Crippen molar-refractivity contribution in [2.75, 3.05) is 0 Å². The molecule has 1 aromatic carbocycles. The summed E-state index contributed by atoms with van der Waals surface area (Å²) in [7, 11) is 0. The number of phenolic OH excluding ortho intramolecular Hbond substituents is 1. The first kappa shape index (κ1) is 18.3. The lowest BCUT2D eigenvalue weighted by Crippen LogP contribution is -2.25. The largest absolute Gasteiger partial charge is 0.507 e. The number of thioether (sulfide) groups is 1. The van der Waals surface area contributed by atoms with Crippen molar-refractivity contribution in [2.24, 2.45) is 5.41 Å². The van der Waals surface area contributed by atoms with Gasteiger partial charge in [0.25, 0.3) is 11.1 Å². The van der Waals surface area contributed by atoms with Gasteiger partial charge in [0.2, 0.25) is 0 Å². The number of ether oxygens (including phenoxy) is 1. The molecule has 0 saturated carbocycles. The summed E-state index contributed by atoms with van der Waals surface area (Å²) in [5, 5.41) is 12.1. The number of amides is 2. The van der Waals surface area contributed by atoms with Gasteiger partial charge in [-0.2, -0.15) is 0 Å². The van der Waals surface area contributed by atoms with Crippen LogP contribution in [0.3, 0.4) is 0 Å². The Hall–Kier alpha value is -3.06. The van der Waals surface area contributed by atoms with Crippen LogP contribution in [-0.2, 0) is 14.3 Å². The van der Waals surface area contributed by atoms with Gasteiger partial charge in [-0.15, -0.1) is 0 Å². The number of phenols is 1. The van der Waals surface area contributed by atoms with Crippen LogP contribution in [0.5, 0.6) is 5.75 Å². The van der Waals surface area contributed by atoms with E-state index >= 15 is 0 Å². The van der Waals surface area contributed by atoms with Crippen LogP contribution in [0.2, 0.25) is 0 Å². The number of para-hydroxylation sites is 1. The molecule has 2 amide bonds. The molecule has 4 rings (SSSR count). The van der Waals surface area contributed by atoms with Crippen molar-refractivity contribution in [1.82, 2.24) is 5.32 Å². The molecule has 0 radical (unpaired) electrons. The second-order valence-corrected chi connectivity index (χ2v) is 8.43. The Morgan fingerprint density at radius 3 is 2.64 bits per heavy atom. The van der Waals surface area contributed by atoms with Crippen molar-refractivity contribution in [3.8, 4) is 5.75 Å². The van der Waals surface area contributed by atoms with Crippen LogP contribution in [0.1, 0.15) is 25.8 Å². The molecule has 2 aliphatic heterocycles. The fourth-order valence-corrected chi connectivity index (χ4v) is 3.97. The molecule has 0 aromatic heterocycles. The average Bonchev–Trinajstić information content (AvgIpc) is 2.92. The quantitative estimate of drug-likeness (QED) is 0.740. The molecule has 0 spiro atoms. The Kier molecular flexibility index (Phi) is 4.27. The smallest absolute Gasteiger partial charge is 0.290 e. The van der Waals surface area contributed by atoms with Gasteiger partial charge in [-0.05, 0) is 47.5 Å². The van der Waals surface area contributed by atoms with Crippen LogP contribution in [0, 0.1) is 5.41 Å². The molecular weight excluding hydrogens is 378 g/mol. The first-order valence-electron chi connectivity index (χ1n) is 8.67. The van der Waals surface area contributed by atoms with Crippen LogP contribution >= 0.6 is 11.8 Å². The Bertz CT molecular complexity index is 1060. The van der Waals surface area contributed by atoms with E-state index in [4.69, 9.17) is 4.74 Å². The zero-order valence-electron chi connectivity index (χ0n) is 15.2. The van der Waals surface area contributed by atoms with E-state index in [-0.39, 0.29) is 21.9 Å². The van der Waals surface area contributed by atoms with Crippen LogP contribution in [0.25, 0.3) is 5.76 Å². The molecule has 1 aromatic rings. The maximum atomic E-state index is 12.6. The average molecular weight is 395 g/mol. The number of hydrogen-bond donors (Lipinski definition) is 2. The molecule has 2 heterocycles. The van der Waals surface area contributed by atoms with E-state index in [1.165, 1.54) is 12.1 Å². The van der Waals surface area contributed by atoms with E-state index in [9.17, 15) is 19.5 Å². The minimum absolute atomic E-state index is 0.00634. The highest BCUT2D eigenvalue weighted by Crippen LogP contribution is 2.43. The standard InChI is InChI=1S/C21H17NO5S/c1-21(2)9-15(24)13-7-11(8-17-19(25)22-20(26)28-17)18(27-16(13)10-21)12-5-3-4-6-14(12)23/h3-8,10,23H,9H2,1-2H3,(H,22,25,26)/b17-8-. The van der Waals surface area contributed by atoms with Gasteiger partial charge in [-0.1, -0.05) is 26.0 Å². The van der Waals surface area contributed by atoms with Gasteiger partial charge in [-0.25, -0.2) is 0 Å². The van der Waals surface area contributed by atoms with Crippen molar-refractivity contribution in [1.29, 1.82) is 0 Å². The molecular formula is C21H17NO5S. The zero-order valence-corrected chi connectivity index (χ0v) is 16.1. The lowest BCUT2D eigenvalue weighted by molar-refractivity contribution is -0.117. The molecule has 1 aliphatic carbocycles. The predicted octanol–water partition coefficient (Wildman–Crippen LogP) is 3.81. The van der Waals surface area contributed by atoms with Crippen molar-refractivity contribution < 1.29 is 24.2 Å². The second kappa shape index (κ2) is 6.53. The Labute approximate surface area is 165 Å². The van der Waals surface area contributed by atoms with E-state index in [1.54, 1.807) is 24.3 Å². The number of fused-ring (bicyclic) bond motifs is 1. The minimum atomic E-state index is -0.505. The summed E-state index contributed by atoms with van der Waals surface area (Å²) in [6, 6.07) is 6.65. The van der Waals surface area contributed by atoms with Gasteiger partial charge in [0.1, 0.15) is 17.3 Å². The SMILES string of the molecule is CC1(C)C=C2OC(c3ccccc3O)=C(/C=C3\SC(=O)NC3=O)C=C2C(=O)C1. The van der Waals surface area contributed by atoms with Gasteiger partial charge in [0, 0.05) is 12.0 Å². The van der Waals surface area contributed by atoms with E-state index in [2.05, 4.69) is 5.32 Å². The van der Waals surface area contributed by atoms with Crippen LogP contribution in [-0.4, -0.2) is 22.0 Å². The number of carbonyl (C=O) groups excluding carboxylic acids is 3. The third-order valence-corrected chi connectivity index (χ3v) is 5.37. The summed E-state index contributed by atoms with van der Waals surface area (Å²) in [6.07, 6.45) is 5.39. The molecule has 0 atom stereocenters. The third kappa shape index (κ3) is 3.29. The monoisotopic (exact) mass is 395 g/mol. The number of aromatic hydroxyl groups is 1.